The first-order valence-corrected chi connectivity index (χ1v) is 6.55. The number of aryl methyl sites for hydroxylation is 1. The lowest BCUT2D eigenvalue weighted by atomic mass is 9.97. The van der Waals surface area contributed by atoms with Gasteiger partial charge in [-0.2, -0.15) is 0 Å². The molecular formula is C14H20N2O4. The van der Waals surface area contributed by atoms with Crippen molar-refractivity contribution in [2.24, 2.45) is 4.99 Å². The maximum Gasteiger partial charge on any atom is 0.139 e. The molecule has 4 atom stereocenters. The number of rotatable bonds is 3. The Morgan fingerprint density at radius 1 is 1.10 bits per heavy atom. The number of aliphatic hydroxyl groups is 4. The lowest BCUT2D eigenvalue weighted by Gasteiger charge is -2.33. The maximum atomic E-state index is 9.86. The summed E-state index contributed by atoms with van der Waals surface area (Å²) in [6.07, 6.45) is -3.90. The van der Waals surface area contributed by atoms with Gasteiger partial charge in [0.25, 0.3) is 0 Å². The van der Waals surface area contributed by atoms with Crippen LogP contribution in [0.1, 0.15) is 11.1 Å². The van der Waals surface area contributed by atoms with Crippen LogP contribution >= 0.6 is 0 Å². The third kappa shape index (κ3) is 3.16. The molecule has 2 rings (SSSR count). The monoisotopic (exact) mass is 280 g/mol. The average Bonchev–Trinajstić information content (AvgIpc) is 2.46. The Balaban J connectivity index is 2.05. The third-order valence-corrected chi connectivity index (χ3v) is 3.43. The zero-order valence-electron chi connectivity index (χ0n) is 11.3. The fourth-order valence-electron chi connectivity index (χ4n) is 2.11. The summed E-state index contributed by atoms with van der Waals surface area (Å²) >= 11 is 0. The summed E-state index contributed by atoms with van der Waals surface area (Å²) in [5.41, 5.74) is 2.16. The van der Waals surface area contributed by atoms with E-state index in [2.05, 4.69) is 10.3 Å². The van der Waals surface area contributed by atoms with Crippen molar-refractivity contribution >= 4 is 5.84 Å². The lowest BCUT2D eigenvalue weighted by molar-refractivity contribution is -0.0597. The van der Waals surface area contributed by atoms with Gasteiger partial charge in [0.05, 0.1) is 6.61 Å². The van der Waals surface area contributed by atoms with E-state index in [0.29, 0.717) is 6.54 Å². The highest BCUT2D eigenvalue weighted by atomic mass is 16.4. The van der Waals surface area contributed by atoms with E-state index in [0.717, 1.165) is 11.1 Å². The van der Waals surface area contributed by atoms with Gasteiger partial charge in [-0.15, -0.1) is 0 Å². The maximum absolute atomic E-state index is 9.86. The third-order valence-electron chi connectivity index (χ3n) is 3.43. The molecule has 6 nitrogen and oxygen atoms in total. The van der Waals surface area contributed by atoms with Crippen molar-refractivity contribution in [1.29, 1.82) is 0 Å². The molecule has 0 saturated heterocycles. The second-order valence-corrected chi connectivity index (χ2v) is 5.03. The van der Waals surface area contributed by atoms with E-state index >= 15 is 0 Å². The normalized spacial score (nSPS) is 29.9. The van der Waals surface area contributed by atoms with Crippen molar-refractivity contribution in [3.63, 3.8) is 0 Å². The molecule has 0 amide bonds. The molecule has 1 aromatic carbocycles. The molecule has 0 fully saturated rings. The summed E-state index contributed by atoms with van der Waals surface area (Å²) < 4.78 is 0. The van der Waals surface area contributed by atoms with Crippen molar-refractivity contribution < 1.29 is 20.4 Å². The van der Waals surface area contributed by atoms with Crippen molar-refractivity contribution in [2.75, 3.05) is 6.61 Å². The van der Waals surface area contributed by atoms with Crippen LogP contribution in [0.15, 0.2) is 29.3 Å². The molecule has 1 aliphatic heterocycles. The first kappa shape index (κ1) is 14.9. The molecule has 5 N–H and O–H groups in total. The van der Waals surface area contributed by atoms with Crippen LogP contribution in [-0.4, -0.2) is 57.2 Å². The largest absolute Gasteiger partial charge is 0.394 e. The highest BCUT2D eigenvalue weighted by molar-refractivity contribution is 5.88. The summed E-state index contributed by atoms with van der Waals surface area (Å²) in [6.45, 7) is 2.05. The molecule has 0 spiro atoms. The van der Waals surface area contributed by atoms with Crippen LogP contribution in [0.5, 0.6) is 0 Å². The number of benzene rings is 1. The first-order valence-electron chi connectivity index (χ1n) is 6.55. The van der Waals surface area contributed by atoms with Gasteiger partial charge in [-0.25, -0.2) is 0 Å². The Labute approximate surface area is 117 Å². The van der Waals surface area contributed by atoms with Gasteiger partial charge < -0.3 is 25.7 Å². The second kappa shape index (κ2) is 6.32. The molecule has 20 heavy (non-hydrogen) atoms. The predicted octanol–water partition coefficient (Wildman–Crippen LogP) is -1.06. The molecule has 1 aliphatic rings. The summed E-state index contributed by atoms with van der Waals surface area (Å²) in [7, 11) is 0. The van der Waals surface area contributed by atoms with Gasteiger partial charge in [0.15, 0.2) is 0 Å². The fraction of sp³-hybridized carbons (Fsp3) is 0.500. The number of hydrogen-bond acceptors (Lipinski definition) is 6. The Morgan fingerprint density at radius 2 is 1.75 bits per heavy atom. The zero-order valence-corrected chi connectivity index (χ0v) is 11.3. The minimum Gasteiger partial charge on any atom is -0.394 e. The highest BCUT2D eigenvalue weighted by Gasteiger charge is 2.38. The van der Waals surface area contributed by atoms with Crippen LogP contribution in [-0.2, 0) is 6.54 Å². The SMILES string of the molecule is Cc1ccc(CNC2=NC(CO)[C@H](O)C(O)C2O)cc1. The topological polar surface area (TPSA) is 105 Å². The van der Waals surface area contributed by atoms with E-state index in [9.17, 15) is 15.3 Å². The summed E-state index contributed by atoms with van der Waals surface area (Å²) in [6, 6.07) is 7.03. The molecular weight excluding hydrogens is 260 g/mol. The van der Waals surface area contributed by atoms with E-state index in [4.69, 9.17) is 5.11 Å². The predicted molar refractivity (Wildman–Crippen MR) is 74.3 cm³/mol. The van der Waals surface area contributed by atoms with Gasteiger partial charge in [-0.1, -0.05) is 29.8 Å². The number of hydrogen-bond donors (Lipinski definition) is 5. The molecule has 0 aromatic heterocycles. The van der Waals surface area contributed by atoms with Crippen LogP contribution in [0.25, 0.3) is 0 Å². The van der Waals surface area contributed by atoms with Gasteiger partial charge >= 0.3 is 0 Å². The molecule has 3 unspecified atom stereocenters. The van der Waals surface area contributed by atoms with E-state index in [1.54, 1.807) is 0 Å². The second-order valence-electron chi connectivity index (χ2n) is 5.03. The quantitative estimate of drug-likeness (QED) is 0.485. The number of aliphatic hydroxyl groups excluding tert-OH is 4. The summed E-state index contributed by atoms with van der Waals surface area (Å²) in [4.78, 5) is 4.04. The van der Waals surface area contributed by atoms with E-state index < -0.39 is 24.4 Å². The number of amidine groups is 1. The number of nitrogens with zero attached hydrogens (tertiary/aromatic N) is 1. The molecule has 0 aliphatic carbocycles. The molecule has 0 saturated carbocycles. The minimum absolute atomic E-state index is 0.183. The van der Waals surface area contributed by atoms with Gasteiger partial charge in [-0.3, -0.25) is 4.99 Å². The Hall–Kier alpha value is -1.47. The van der Waals surface area contributed by atoms with Crippen molar-refractivity contribution in [3.8, 4) is 0 Å². The standard InChI is InChI=1S/C14H20N2O4/c1-8-2-4-9(5-3-8)6-15-14-13(20)12(19)11(18)10(7-17)16-14/h2-5,10-13,17-20H,6-7H2,1H3,(H,15,16)/t10?,11-,12?,13?/m0/s1. The molecule has 1 aromatic rings. The Bertz CT molecular complexity index is 475. The Kier molecular flexibility index (Phi) is 4.72. The summed E-state index contributed by atoms with van der Waals surface area (Å²) in [5.74, 6) is 0.183. The lowest BCUT2D eigenvalue weighted by Crippen LogP contribution is -2.56. The molecule has 6 heteroatoms. The van der Waals surface area contributed by atoms with E-state index in [1.165, 1.54) is 0 Å². The molecule has 0 bridgehead atoms. The van der Waals surface area contributed by atoms with Gasteiger partial charge in [0.1, 0.15) is 30.2 Å². The van der Waals surface area contributed by atoms with Crippen LogP contribution < -0.4 is 5.32 Å². The minimum atomic E-state index is -1.36. The molecule has 1 heterocycles. The fourth-order valence-corrected chi connectivity index (χ4v) is 2.11. The van der Waals surface area contributed by atoms with E-state index in [-0.39, 0.29) is 12.4 Å². The van der Waals surface area contributed by atoms with Gasteiger partial charge in [0.2, 0.25) is 0 Å². The zero-order chi connectivity index (χ0) is 14.7. The van der Waals surface area contributed by atoms with Gasteiger partial charge in [-0.05, 0) is 12.5 Å². The van der Waals surface area contributed by atoms with Crippen molar-refractivity contribution in [1.82, 2.24) is 5.32 Å². The molecule has 0 radical (unpaired) electrons. The number of nitrogens with one attached hydrogen (secondary N) is 1. The highest BCUT2D eigenvalue weighted by Crippen LogP contribution is 2.15. The van der Waals surface area contributed by atoms with Crippen molar-refractivity contribution in [2.45, 2.75) is 37.8 Å². The smallest absolute Gasteiger partial charge is 0.139 e. The molecule has 110 valence electrons. The Morgan fingerprint density at radius 3 is 2.35 bits per heavy atom. The van der Waals surface area contributed by atoms with Crippen LogP contribution in [0.4, 0.5) is 0 Å². The average molecular weight is 280 g/mol. The van der Waals surface area contributed by atoms with Crippen LogP contribution in [0.3, 0.4) is 0 Å². The van der Waals surface area contributed by atoms with Crippen LogP contribution in [0, 0.1) is 6.92 Å². The summed E-state index contributed by atoms with van der Waals surface area (Å²) in [5, 5.41) is 41.3. The number of aliphatic imine (C=N–C) groups is 1. The first-order chi connectivity index (χ1) is 9.52. The van der Waals surface area contributed by atoms with Crippen LogP contribution in [0.2, 0.25) is 0 Å². The van der Waals surface area contributed by atoms with Crippen molar-refractivity contribution in [3.05, 3.63) is 35.4 Å². The van der Waals surface area contributed by atoms with E-state index in [1.807, 2.05) is 31.2 Å². The van der Waals surface area contributed by atoms with Gasteiger partial charge in [0, 0.05) is 6.54 Å².